The van der Waals surface area contributed by atoms with E-state index in [0.717, 1.165) is 10.6 Å². The number of hydrogen-bond donors (Lipinski definition) is 0. The SMILES string of the molecule is O=C(CSc1nccc(-c2cccs2)n1)c1ccc(Cl)cc1Cl. The van der Waals surface area contributed by atoms with Crippen molar-refractivity contribution in [3.05, 3.63) is 63.6 Å². The van der Waals surface area contributed by atoms with Gasteiger partial charge in [0, 0.05) is 16.8 Å². The van der Waals surface area contributed by atoms with E-state index in [1.54, 1.807) is 35.7 Å². The van der Waals surface area contributed by atoms with Crippen LogP contribution in [0, 0.1) is 0 Å². The Balaban J connectivity index is 1.71. The summed E-state index contributed by atoms with van der Waals surface area (Å²) < 4.78 is 0. The van der Waals surface area contributed by atoms with Crippen LogP contribution >= 0.6 is 46.3 Å². The molecule has 0 fully saturated rings. The molecular weight excluding hydrogens is 371 g/mol. The average molecular weight is 381 g/mol. The molecule has 1 aromatic carbocycles. The molecule has 3 aromatic rings. The molecule has 3 rings (SSSR count). The van der Waals surface area contributed by atoms with Crippen molar-refractivity contribution in [1.82, 2.24) is 9.97 Å². The molecule has 3 nitrogen and oxygen atoms in total. The number of thiophene rings is 1. The van der Waals surface area contributed by atoms with E-state index in [2.05, 4.69) is 9.97 Å². The number of halogens is 2. The zero-order valence-electron chi connectivity index (χ0n) is 11.7. The summed E-state index contributed by atoms with van der Waals surface area (Å²) in [6, 6.07) is 10.7. The highest BCUT2D eigenvalue weighted by atomic mass is 35.5. The van der Waals surface area contributed by atoms with Crippen LogP contribution < -0.4 is 0 Å². The number of aromatic nitrogens is 2. The molecule has 0 spiro atoms. The number of carbonyl (C=O) groups excluding carboxylic acids is 1. The monoisotopic (exact) mass is 380 g/mol. The first kappa shape index (κ1) is 16.5. The molecular formula is C16H10Cl2N2OS2. The Bertz CT molecular complexity index is 838. The van der Waals surface area contributed by atoms with Crippen LogP contribution in [0.25, 0.3) is 10.6 Å². The highest BCUT2D eigenvalue weighted by molar-refractivity contribution is 7.99. The highest BCUT2D eigenvalue weighted by Gasteiger charge is 2.12. The van der Waals surface area contributed by atoms with Crippen molar-refractivity contribution in [2.45, 2.75) is 5.16 Å². The Morgan fingerprint density at radius 2 is 2.09 bits per heavy atom. The standard InChI is InChI=1S/C16H10Cl2N2OS2/c17-10-3-4-11(12(18)8-10)14(21)9-23-16-19-6-5-13(20-16)15-2-1-7-22-15/h1-8H,9H2. The maximum atomic E-state index is 12.3. The summed E-state index contributed by atoms with van der Waals surface area (Å²) in [7, 11) is 0. The second-order valence-electron chi connectivity index (χ2n) is 4.54. The molecule has 0 N–H and O–H groups in total. The first-order chi connectivity index (χ1) is 11.1. The molecule has 0 aliphatic heterocycles. The van der Waals surface area contributed by atoms with Crippen LogP contribution in [0.3, 0.4) is 0 Å². The van der Waals surface area contributed by atoms with Gasteiger partial charge in [0.2, 0.25) is 0 Å². The lowest BCUT2D eigenvalue weighted by Gasteiger charge is -2.04. The van der Waals surface area contributed by atoms with E-state index in [9.17, 15) is 4.79 Å². The van der Waals surface area contributed by atoms with Gasteiger partial charge in [0.25, 0.3) is 0 Å². The molecule has 0 aliphatic rings. The van der Waals surface area contributed by atoms with Crippen LogP contribution in [0.15, 0.2) is 53.1 Å². The number of thioether (sulfide) groups is 1. The lowest BCUT2D eigenvalue weighted by Crippen LogP contribution is -2.04. The summed E-state index contributed by atoms with van der Waals surface area (Å²) >= 11 is 14.8. The van der Waals surface area contributed by atoms with Gasteiger partial charge in [0.1, 0.15) is 0 Å². The van der Waals surface area contributed by atoms with Crippen molar-refractivity contribution in [3.8, 4) is 10.6 Å². The molecule has 2 heterocycles. The van der Waals surface area contributed by atoms with Gasteiger partial charge >= 0.3 is 0 Å². The summed E-state index contributed by atoms with van der Waals surface area (Å²) in [5, 5.41) is 3.42. The summed E-state index contributed by atoms with van der Waals surface area (Å²) in [5.41, 5.74) is 1.31. The number of rotatable bonds is 5. The maximum absolute atomic E-state index is 12.3. The van der Waals surface area contributed by atoms with Crippen molar-refractivity contribution >= 4 is 52.1 Å². The molecule has 0 radical (unpaired) electrons. The number of benzene rings is 1. The fraction of sp³-hybridized carbons (Fsp3) is 0.0625. The van der Waals surface area contributed by atoms with Gasteiger partial charge in [-0.05, 0) is 35.7 Å². The lowest BCUT2D eigenvalue weighted by atomic mass is 10.1. The summed E-state index contributed by atoms with van der Waals surface area (Å²) in [6.45, 7) is 0. The summed E-state index contributed by atoms with van der Waals surface area (Å²) in [6.07, 6.45) is 1.70. The van der Waals surface area contributed by atoms with Gasteiger partial charge in [-0.1, -0.05) is 41.0 Å². The second-order valence-corrected chi connectivity index (χ2v) is 7.27. The van der Waals surface area contributed by atoms with Gasteiger partial charge in [-0.15, -0.1) is 11.3 Å². The average Bonchev–Trinajstić information content (AvgIpc) is 3.07. The third kappa shape index (κ3) is 4.12. The summed E-state index contributed by atoms with van der Waals surface area (Å²) in [5.74, 6) is 0.136. The van der Waals surface area contributed by atoms with E-state index in [0.29, 0.717) is 20.8 Å². The molecule has 23 heavy (non-hydrogen) atoms. The van der Waals surface area contributed by atoms with E-state index >= 15 is 0 Å². The highest BCUT2D eigenvalue weighted by Crippen LogP contribution is 2.26. The third-order valence-corrected chi connectivity index (χ3v) is 5.27. The Hall–Kier alpha value is -1.40. The van der Waals surface area contributed by atoms with E-state index < -0.39 is 0 Å². The van der Waals surface area contributed by atoms with Gasteiger partial charge < -0.3 is 0 Å². The first-order valence-corrected chi connectivity index (χ1v) is 9.23. The van der Waals surface area contributed by atoms with E-state index in [1.807, 2.05) is 23.6 Å². The molecule has 0 unspecified atom stereocenters. The van der Waals surface area contributed by atoms with Gasteiger partial charge in [0.05, 0.1) is 21.3 Å². The lowest BCUT2D eigenvalue weighted by molar-refractivity contribution is 0.102. The third-order valence-electron chi connectivity index (χ3n) is 2.97. The largest absolute Gasteiger partial charge is 0.293 e. The minimum Gasteiger partial charge on any atom is -0.293 e. The fourth-order valence-electron chi connectivity index (χ4n) is 1.90. The van der Waals surface area contributed by atoms with Gasteiger partial charge in [0.15, 0.2) is 10.9 Å². The Kier molecular flexibility index (Phi) is 5.33. The van der Waals surface area contributed by atoms with Crippen LogP contribution in [-0.2, 0) is 0 Å². The minimum atomic E-state index is -0.0817. The number of ketones is 1. The Morgan fingerprint density at radius 3 is 2.83 bits per heavy atom. The minimum absolute atomic E-state index is 0.0817. The number of carbonyl (C=O) groups is 1. The fourth-order valence-corrected chi connectivity index (χ4v) is 3.82. The number of nitrogens with zero attached hydrogens (tertiary/aromatic N) is 2. The molecule has 7 heteroatoms. The maximum Gasteiger partial charge on any atom is 0.188 e. The molecule has 0 aliphatic carbocycles. The molecule has 0 saturated heterocycles. The van der Waals surface area contributed by atoms with E-state index in [-0.39, 0.29) is 11.5 Å². The predicted molar refractivity (Wildman–Crippen MR) is 96.9 cm³/mol. The smallest absolute Gasteiger partial charge is 0.188 e. The van der Waals surface area contributed by atoms with Crippen LogP contribution in [0.1, 0.15) is 10.4 Å². The number of Topliss-reactive ketones (excluding diaryl/α,β-unsaturated/α-hetero) is 1. The molecule has 0 saturated carbocycles. The second kappa shape index (κ2) is 7.45. The van der Waals surface area contributed by atoms with Gasteiger partial charge in [-0.25, -0.2) is 9.97 Å². The van der Waals surface area contributed by atoms with E-state index in [1.165, 1.54) is 11.8 Å². The van der Waals surface area contributed by atoms with Crippen LogP contribution in [-0.4, -0.2) is 21.5 Å². The molecule has 116 valence electrons. The Labute approximate surface area is 151 Å². The molecule has 2 aromatic heterocycles. The van der Waals surface area contributed by atoms with Crippen molar-refractivity contribution in [3.63, 3.8) is 0 Å². The molecule has 0 atom stereocenters. The normalized spacial score (nSPS) is 10.7. The van der Waals surface area contributed by atoms with Crippen molar-refractivity contribution in [2.75, 3.05) is 5.75 Å². The predicted octanol–water partition coefficient (Wildman–Crippen LogP) is 5.49. The van der Waals surface area contributed by atoms with Crippen molar-refractivity contribution in [1.29, 1.82) is 0 Å². The van der Waals surface area contributed by atoms with Crippen molar-refractivity contribution < 1.29 is 4.79 Å². The van der Waals surface area contributed by atoms with Crippen LogP contribution in [0.2, 0.25) is 10.0 Å². The quantitative estimate of drug-likeness (QED) is 0.333. The van der Waals surface area contributed by atoms with Crippen LogP contribution in [0.4, 0.5) is 0 Å². The van der Waals surface area contributed by atoms with E-state index in [4.69, 9.17) is 23.2 Å². The Morgan fingerprint density at radius 1 is 1.22 bits per heavy atom. The van der Waals surface area contributed by atoms with Gasteiger partial charge in [-0.3, -0.25) is 4.79 Å². The first-order valence-electron chi connectivity index (χ1n) is 6.61. The van der Waals surface area contributed by atoms with Crippen LogP contribution in [0.5, 0.6) is 0 Å². The molecule has 0 bridgehead atoms. The number of hydrogen-bond acceptors (Lipinski definition) is 5. The van der Waals surface area contributed by atoms with Crippen molar-refractivity contribution in [2.24, 2.45) is 0 Å². The van der Waals surface area contributed by atoms with Gasteiger partial charge in [-0.2, -0.15) is 0 Å². The zero-order chi connectivity index (χ0) is 16.2. The topological polar surface area (TPSA) is 42.9 Å². The zero-order valence-corrected chi connectivity index (χ0v) is 14.8. The molecule has 0 amide bonds. The summed E-state index contributed by atoms with van der Waals surface area (Å²) in [4.78, 5) is 22.0.